The van der Waals surface area contributed by atoms with Crippen molar-refractivity contribution in [2.75, 3.05) is 18.0 Å². The van der Waals surface area contributed by atoms with Crippen molar-refractivity contribution in [2.45, 2.75) is 47.1 Å². The number of hydrogen-bond acceptors (Lipinski definition) is 6. The van der Waals surface area contributed by atoms with Gasteiger partial charge >= 0.3 is 0 Å². The van der Waals surface area contributed by atoms with Crippen molar-refractivity contribution in [1.29, 1.82) is 0 Å². The molecule has 0 saturated carbocycles. The summed E-state index contributed by atoms with van der Waals surface area (Å²) in [5, 5.41) is 0. The van der Waals surface area contributed by atoms with Crippen molar-refractivity contribution in [1.82, 2.24) is 14.3 Å². The van der Waals surface area contributed by atoms with Gasteiger partial charge in [-0.1, -0.05) is 43.9 Å². The van der Waals surface area contributed by atoms with E-state index in [4.69, 9.17) is 17.2 Å². The van der Waals surface area contributed by atoms with Crippen LogP contribution in [-0.4, -0.2) is 43.6 Å². The van der Waals surface area contributed by atoms with Gasteiger partial charge in [0.2, 0.25) is 0 Å². The molecule has 2 fully saturated rings. The molecule has 6 nitrogen and oxygen atoms in total. The van der Waals surface area contributed by atoms with Gasteiger partial charge in [0.05, 0.1) is 10.5 Å². The number of piperidine rings is 1. The molecule has 164 valence electrons. The minimum atomic E-state index is -0.163. The van der Waals surface area contributed by atoms with Crippen LogP contribution in [0.4, 0.5) is 5.82 Å². The highest BCUT2D eigenvalue weighted by Gasteiger charge is 2.35. The summed E-state index contributed by atoms with van der Waals surface area (Å²) in [6, 6.07) is 3.78. The second kappa shape index (κ2) is 8.39. The Morgan fingerprint density at radius 2 is 1.90 bits per heavy atom. The molecule has 2 saturated heterocycles. The standard InChI is InChI=1S/C23H28N4O2S2/c1-13(2)27-22(29)18(31-23(27)30)10-17-20(25-11-14(3)9-15(4)12-25)24-19-16(5)7-6-8-26(19)21(17)28/h6-8,10,13-15H,9,11-12H2,1-5H3/b18-10+/t14-,15-/m0/s1. The number of carbonyl (C=O) groups excluding carboxylic acids is 1. The predicted molar refractivity (Wildman–Crippen MR) is 132 cm³/mol. The van der Waals surface area contributed by atoms with E-state index in [0.717, 1.165) is 25.1 Å². The topological polar surface area (TPSA) is 57.9 Å². The molecule has 31 heavy (non-hydrogen) atoms. The number of thioether (sulfide) groups is 1. The van der Waals surface area contributed by atoms with Crippen LogP contribution < -0.4 is 10.5 Å². The van der Waals surface area contributed by atoms with Crippen LogP contribution in [0.15, 0.2) is 28.0 Å². The van der Waals surface area contributed by atoms with Crippen LogP contribution in [0.3, 0.4) is 0 Å². The first-order valence-corrected chi connectivity index (χ1v) is 11.9. The summed E-state index contributed by atoms with van der Waals surface area (Å²) in [6.07, 6.45) is 4.59. The smallest absolute Gasteiger partial charge is 0.267 e. The molecule has 0 spiro atoms. The Bertz CT molecular complexity index is 1140. The molecule has 8 heteroatoms. The maximum Gasteiger partial charge on any atom is 0.267 e. The molecular weight excluding hydrogens is 428 g/mol. The van der Waals surface area contributed by atoms with Crippen LogP contribution in [0.25, 0.3) is 11.7 Å². The van der Waals surface area contributed by atoms with Crippen LogP contribution >= 0.6 is 24.0 Å². The number of thiocarbonyl (C=S) groups is 1. The van der Waals surface area contributed by atoms with Gasteiger partial charge in [-0.2, -0.15) is 0 Å². The first-order chi connectivity index (χ1) is 14.7. The number of pyridine rings is 1. The van der Waals surface area contributed by atoms with E-state index in [-0.39, 0.29) is 17.5 Å². The highest BCUT2D eigenvalue weighted by Crippen LogP contribution is 2.35. The molecule has 4 heterocycles. The Morgan fingerprint density at radius 1 is 1.23 bits per heavy atom. The SMILES string of the molecule is Cc1cccn2c(=O)c(/C=C3/SC(=S)N(C(C)C)C3=O)c(N3C[C@@H](C)C[C@H](C)C3)nc12. The number of rotatable bonds is 3. The number of fused-ring (bicyclic) bond motifs is 1. The maximum atomic E-state index is 13.6. The zero-order valence-electron chi connectivity index (χ0n) is 18.6. The lowest BCUT2D eigenvalue weighted by atomic mass is 9.91. The highest BCUT2D eigenvalue weighted by molar-refractivity contribution is 8.26. The fourth-order valence-electron chi connectivity index (χ4n) is 4.56. The molecule has 0 radical (unpaired) electrons. The lowest BCUT2D eigenvalue weighted by Gasteiger charge is -2.36. The van der Waals surface area contributed by atoms with Gasteiger partial charge in [0.15, 0.2) is 0 Å². The molecule has 0 aromatic carbocycles. The molecule has 0 unspecified atom stereocenters. The summed E-state index contributed by atoms with van der Waals surface area (Å²) in [4.78, 5) is 35.8. The lowest BCUT2D eigenvalue weighted by molar-refractivity contribution is -0.123. The molecular formula is C23H28N4O2S2. The van der Waals surface area contributed by atoms with E-state index in [1.165, 1.54) is 11.8 Å². The third kappa shape index (κ3) is 4.03. The molecule has 2 aromatic heterocycles. The maximum absolute atomic E-state index is 13.6. The second-order valence-corrected chi connectivity index (χ2v) is 10.7. The van der Waals surface area contributed by atoms with Gasteiger partial charge in [0.25, 0.3) is 11.5 Å². The van der Waals surface area contributed by atoms with Gasteiger partial charge in [-0.3, -0.25) is 18.9 Å². The lowest BCUT2D eigenvalue weighted by Crippen LogP contribution is -2.40. The van der Waals surface area contributed by atoms with Gasteiger partial charge in [-0.05, 0) is 56.7 Å². The van der Waals surface area contributed by atoms with Crippen molar-refractivity contribution in [2.24, 2.45) is 11.8 Å². The van der Waals surface area contributed by atoms with E-state index < -0.39 is 0 Å². The minimum absolute atomic E-state index is 0.0276. The van der Waals surface area contributed by atoms with Gasteiger partial charge in [-0.15, -0.1) is 0 Å². The number of amides is 1. The van der Waals surface area contributed by atoms with E-state index >= 15 is 0 Å². The number of aromatic nitrogens is 2. The van der Waals surface area contributed by atoms with Crippen molar-refractivity contribution in [3.8, 4) is 0 Å². The van der Waals surface area contributed by atoms with E-state index in [2.05, 4.69) is 18.7 Å². The van der Waals surface area contributed by atoms with E-state index in [9.17, 15) is 9.59 Å². The Morgan fingerprint density at radius 3 is 2.52 bits per heavy atom. The zero-order chi connectivity index (χ0) is 22.4. The number of nitrogens with zero attached hydrogens (tertiary/aromatic N) is 4. The molecule has 4 rings (SSSR count). The van der Waals surface area contributed by atoms with Crippen LogP contribution in [-0.2, 0) is 4.79 Å². The first kappa shape index (κ1) is 22.0. The van der Waals surface area contributed by atoms with E-state index in [0.29, 0.717) is 38.1 Å². The molecule has 0 bridgehead atoms. The zero-order valence-corrected chi connectivity index (χ0v) is 20.2. The summed E-state index contributed by atoms with van der Waals surface area (Å²) < 4.78 is 2.10. The number of anilines is 1. The summed E-state index contributed by atoms with van der Waals surface area (Å²) in [5.74, 6) is 1.53. The van der Waals surface area contributed by atoms with Crippen molar-refractivity contribution < 1.29 is 4.79 Å². The predicted octanol–water partition coefficient (Wildman–Crippen LogP) is 4.09. The Kier molecular flexibility index (Phi) is 5.96. The van der Waals surface area contributed by atoms with Gasteiger partial charge in [0.1, 0.15) is 15.8 Å². The van der Waals surface area contributed by atoms with Crippen molar-refractivity contribution in [3.05, 3.63) is 44.7 Å². The molecule has 0 aliphatic carbocycles. The largest absolute Gasteiger partial charge is 0.355 e. The monoisotopic (exact) mass is 456 g/mol. The fraction of sp³-hybridized carbons (Fsp3) is 0.478. The summed E-state index contributed by atoms with van der Waals surface area (Å²) >= 11 is 6.67. The molecule has 0 N–H and O–H groups in total. The van der Waals surface area contributed by atoms with Crippen molar-refractivity contribution >= 4 is 51.7 Å². The number of aryl methyl sites for hydroxylation is 1. The normalized spacial score (nSPS) is 23.6. The molecule has 1 amide bonds. The fourth-order valence-corrected chi connectivity index (χ4v) is 6.07. The quantitative estimate of drug-likeness (QED) is 0.512. The van der Waals surface area contributed by atoms with Gasteiger partial charge < -0.3 is 4.90 Å². The molecule has 2 atom stereocenters. The Labute approximate surface area is 192 Å². The molecule has 2 aliphatic heterocycles. The minimum Gasteiger partial charge on any atom is -0.355 e. The second-order valence-electron chi connectivity index (χ2n) is 9.04. The molecule has 2 aromatic rings. The number of carbonyl (C=O) groups is 1. The van der Waals surface area contributed by atoms with Crippen LogP contribution in [0.2, 0.25) is 0 Å². The van der Waals surface area contributed by atoms with Crippen molar-refractivity contribution in [3.63, 3.8) is 0 Å². The Hall–Kier alpha value is -2.19. The van der Waals surface area contributed by atoms with Gasteiger partial charge in [-0.25, -0.2) is 4.98 Å². The van der Waals surface area contributed by atoms with Crippen LogP contribution in [0.1, 0.15) is 45.2 Å². The third-order valence-electron chi connectivity index (χ3n) is 5.85. The average Bonchev–Trinajstić information content (AvgIpc) is 2.97. The van der Waals surface area contributed by atoms with Gasteiger partial charge in [0, 0.05) is 25.3 Å². The van der Waals surface area contributed by atoms with Crippen LogP contribution in [0, 0.1) is 18.8 Å². The molecule has 2 aliphatic rings. The van der Waals surface area contributed by atoms with E-state index in [1.54, 1.807) is 21.6 Å². The third-order valence-corrected chi connectivity index (χ3v) is 7.18. The summed E-state index contributed by atoms with van der Waals surface area (Å²) in [6.45, 7) is 12.0. The Balaban J connectivity index is 1.92. The number of hydrogen-bond donors (Lipinski definition) is 0. The average molecular weight is 457 g/mol. The summed E-state index contributed by atoms with van der Waals surface area (Å²) in [5.41, 5.74) is 1.88. The summed E-state index contributed by atoms with van der Waals surface area (Å²) in [7, 11) is 0. The highest BCUT2D eigenvalue weighted by atomic mass is 32.2. The van der Waals surface area contributed by atoms with E-state index in [1.807, 2.05) is 32.9 Å². The van der Waals surface area contributed by atoms with Crippen LogP contribution in [0.5, 0.6) is 0 Å². The first-order valence-electron chi connectivity index (χ1n) is 10.7.